The third-order valence-electron chi connectivity index (χ3n) is 11.2. The van der Waals surface area contributed by atoms with Crippen LogP contribution >= 0.6 is 0 Å². The van der Waals surface area contributed by atoms with Gasteiger partial charge in [0.25, 0.3) is 0 Å². The summed E-state index contributed by atoms with van der Waals surface area (Å²) in [5.74, 6) is 0.726. The van der Waals surface area contributed by atoms with E-state index < -0.39 is 0 Å². The van der Waals surface area contributed by atoms with Gasteiger partial charge in [-0.1, -0.05) is 194 Å². The van der Waals surface area contributed by atoms with Crippen LogP contribution in [-0.4, -0.2) is 0 Å². The van der Waals surface area contributed by atoms with E-state index in [0.29, 0.717) is 11.8 Å². The molecule has 0 spiro atoms. The van der Waals surface area contributed by atoms with Crippen molar-refractivity contribution in [3.05, 3.63) is 216 Å². The van der Waals surface area contributed by atoms with Gasteiger partial charge in [-0.05, 0) is 100 Å². The van der Waals surface area contributed by atoms with E-state index in [0.717, 1.165) is 6.42 Å². The lowest BCUT2D eigenvalue weighted by atomic mass is 9.81. The molecule has 9 aromatic carbocycles. The molecule has 0 aliphatic heterocycles. The quantitative estimate of drug-likeness (QED) is 0.163. The van der Waals surface area contributed by atoms with Gasteiger partial charge < -0.3 is 0 Å². The molecule has 0 amide bonds. The first-order valence-corrected chi connectivity index (χ1v) is 18.1. The van der Waals surface area contributed by atoms with Crippen LogP contribution in [0.2, 0.25) is 0 Å². The van der Waals surface area contributed by atoms with Crippen LogP contribution in [0, 0.1) is 0 Å². The van der Waals surface area contributed by atoms with Crippen LogP contribution < -0.4 is 0 Å². The standard InChI is InChI=1S/C51H36/c1-3-14-36(15-4-1)49-43-30-29-40(32-42(43)33-48(49)41-28-25-34-13-7-8-18-39(34)31-41)35-23-26-38(27-24-35)51-46-21-11-9-19-44(46)50(37-16-5-2-6-17-37)45-20-10-12-22-47(45)51/h1-32,48-49H,33H2. The molecule has 240 valence electrons. The van der Waals surface area contributed by atoms with E-state index in [9.17, 15) is 0 Å². The second-order valence-electron chi connectivity index (χ2n) is 14.0. The van der Waals surface area contributed by atoms with Gasteiger partial charge in [0.15, 0.2) is 0 Å². The SMILES string of the molecule is c1ccc(-c2c3ccccc3c(-c3ccc(-c4ccc5c(c4)CC(c4ccc6ccccc6c4)C5c4ccccc4)cc3)c3ccccc23)cc1. The van der Waals surface area contributed by atoms with Crippen LogP contribution in [0.1, 0.15) is 34.1 Å². The Morgan fingerprint density at radius 2 is 0.843 bits per heavy atom. The van der Waals surface area contributed by atoms with Gasteiger partial charge in [-0.15, -0.1) is 0 Å². The van der Waals surface area contributed by atoms with Crippen molar-refractivity contribution in [2.24, 2.45) is 0 Å². The minimum atomic E-state index is 0.333. The molecule has 0 heteroatoms. The molecular formula is C51H36. The fourth-order valence-electron chi connectivity index (χ4n) is 8.84. The van der Waals surface area contributed by atoms with E-state index >= 15 is 0 Å². The van der Waals surface area contributed by atoms with Crippen LogP contribution in [-0.2, 0) is 6.42 Å². The molecule has 10 rings (SSSR count). The minimum absolute atomic E-state index is 0.333. The lowest BCUT2D eigenvalue weighted by Gasteiger charge is -2.22. The fraction of sp³-hybridized carbons (Fsp3) is 0.0588. The Labute approximate surface area is 299 Å². The molecule has 51 heavy (non-hydrogen) atoms. The Balaban J connectivity index is 1.05. The molecule has 0 fully saturated rings. The van der Waals surface area contributed by atoms with Crippen molar-refractivity contribution in [1.29, 1.82) is 0 Å². The first-order chi connectivity index (χ1) is 25.3. The largest absolute Gasteiger partial charge is 0.0622 e. The van der Waals surface area contributed by atoms with Crippen molar-refractivity contribution in [3.63, 3.8) is 0 Å². The monoisotopic (exact) mass is 648 g/mol. The van der Waals surface area contributed by atoms with Crippen molar-refractivity contribution in [1.82, 2.24) is 0 Å². The van der Waals surface area contributed by atoms with Crippen molar-refractivity contribution < 1.29 is 0 Å². The highest BCUT2D eigenvalue weighted by atomic mass is 14.4. The van der Waals surface area contributed by atoms with Gasteiger partial charge in [-0.2, -0.15) is 0 Å². The van der Waals surface area contributed by atoms with E-state index in [1.165, 1.54) is 88.0 Å². The van der Waals surface area contributed by atoms with Gasteiger partial charge in [-0.25, -0.2) is 0 Å². The van der Waals surface area contributed by atoms with Crippen LogP contribution in [0.15, 0.2) is 194 Å². The molecular weight excluding hydrogens is 613 g/mol. The third kappa shape index (κ3) is 5.06. The van der Waals surface area contributed by atoms with Crippen molar-refractivity contribution in [2.45, 2.75) is 18.3 Å². The Kier molecular flexibility index (Phi) is 7.13. The Morgan fingerprint density at radius 3 is 1.49 bits per heavy atom. The summed E-state index contributed by atoms with van der Waals surface area (Å²) in [5, 5.41) is 7.75. The predicted molar refractivity (Wildman–Crippen MR) is 216 cm³/mol. The zero-order valence-electron chi connectivity index (χ0n) is 28.3. The molecule has 0 bridgehead atoms. The number of benzene rings is 9. The van der Waals surface area contributed by atoms with E-state index in [-0.39, 0.29) is 0 Å². The van der Waals surface area contributed by atoms with E-state index in [1.807, 2.05) is 0 Å². The average Bonchev–Trinajstić information content (AvgIpc) is 3.59. The van der Waals surface area contributed by atoms with Crippen LogP contribution in [0.4, 0.5) is 0 Å². The second kappa shape index (κ2) is 12.3. The molecule has 0 saturated carbocycles. The molecule has 2 unspecified atom stereocenters. The zero-order chi connectivity index (χ0) is 33.7. The first kappa shape index (κ1) is 29.7. The van der Waals surface area contributed by atoms with Crippen molar-refractivity contribution in [2.75, 3.05) is 0 Å². The minimum Gasteiger partial charge on any atom is -0.0622 e. The number of hydrogen-bond acceptors (Lipinski definition) is 0. The number of rotatable bonds is 5. The molecule has 0 N–H and O–H groups in total. The maximum atomic E-state index is 2.46. The maximum absolute atomic E-state index is 2.46. The summed E-state index contributed by atoms with van der Waals surface area (Å²) in [6, 6.07) is 72.0. The molecule has 0 nitrogen and oxygen atoms in total. The summed E-state index contributed by atoms with van der Waals surface area (Å²) in [6.45, 7) is 0. The van der Waals surface area contributed by atoms with Crippen LogP contribution in [0.3, 0.4) is 0 Å². The Morgan fingerprint density at radius 1 is 0.333 bits per heavy atom. The zero-order valence-corrected chi connectivity index (χ0v) is 28.3. The molecule has 0 heterocycles. The second-order valence-corrected chi connectivity index (χ2v) is 14.0. The maximum Gasteiger partial charge on any atom is 0.0164 e. The van der Waals surface area contributed by atoms with Gasteiger partial charge >= 0.3 is 0 Å². The molecule has 0 saturated heterocycles. The van der Waals surface area contributed by atoms with Crippen LogP contribution in [0.5, 0.6) is 0 Å². The topological polar surface area (TPSA) is 0 Å². The van der Waals surface area contributed by atoms with Gasteiger partial charge in [-0.3, -0.25) is 0 Å². The fourth-order valence-corrected chi connectivity index (χ4v) is 8.84. The molecule has 1 aliphatic carbocycles. The molecule has 9 aromatic rings. The van der Waals surface area contributed by atoms with Crippen LogP contribution in [0.25, 0.3) is 65.7 Å². The summed E-state index contributed by atoms with van der Waals surface area (Å²) in [6.07, 6.45) is 1.03. The third-order valence-corrected chi connectivity index (χ3v) is 11.2. The molecule has 0 aromatic heterocycles. The summed E-state index contributed by atoms with van der Waals surface area (Å²) >= 11 is 0. The molecule has 2 atom stereocenters. The summed E-state index contributed by atoms with van der Waals surface area (Å²) in [5.41, 5.74) is 13.3. The normalized spacial score (nSPS) is 15.4. The first-order valence-electron chi connectivity index (χ1n) is 18.1. The highest BCUT2D eigenvalue weighted by Gasteiger charge is 2.35. The smallest absolute Gasteiger partial charge is 0.0164 e. The van der Waals surface area contributed by atoms with Crippen molar-refractivity contribution in [3.8, 4) is 33.4 Å². The van der Waals surface area contributed by atoms with Gasteiger partial charge in [0.2, 0.25) is 0 Å². The summed E-state index contributed by atoms with van der Waals surface area (Å²) in [4.78, 5) is 0. The summed E-state index contributed by atoms with van der Waals surface area (Å²) < 4.78 is 0. The predicted octanol–water partition coefficient (Wildman–Crippen LogP) is 13.6. The molecule has 0 radical (unpaired) electrons. The molecule has 1 aliphatic rings. The van der Waals surface area contributed by atoms with E-state index in [4.69, 9.17) is 0 Å². The van der Waals surface area contributed by atoms with Gasteiger partial charge in [0, 0.05) is 5.92 Å². The number of fused-ring (bicyclic) bond motifs is 4. The van der Waals surface area contributed by atoms with Crippen molar-refractivity contribution >= 4 is 32.3 Å². The Hall–Kier alpha value is -6.24. The van der Waals surface area contributed by atoms with Gasteiger partial charge in [0.05, 0.1) is 0 Å². The average molecular weight is 649 g/mol. The lowest BCUT2D eigenvalue weighted by Crippen LogP contribution is -2.08. The van der Waals surface area contributed by atoms with Gasteiger partial charge in [0.1, 0.15) is 0 Å². The Bertz CT molecular complexity index is 2650. The highest BCUT2D eigenvalue weighted by molar-refractivity contribution is 6.21. The van der Waals surface area contributed by atoms with E-state index in [2.05, 4.69) is 194 Å². The highest BCUT2D eigenvalue weighted by Crippen LogP contribution is 2.49. The lowest BCUT2D eigenvalue weighted by molar-refractivity contribution is 0.657. The van der Waals surface area contributed by atoms with E-state index in [1.54, 1.807) is 0 Å². The summed E-state index contributed by atoms with van der Waals surface area (Å²) in [7, 11) is 0. The number of hydrogen-bond donors (Lipinski definition) is 0.